The number of carbonyl (C=O) groups is 2. The van der Waals surface area contributed by atoms with Crippen LogP contribution in [0, 0.1) is 0 Å². The minimum absolute atomic E-state index is 0.0173. The van der Waals surface area contributed by atoms with Crippen molar-refractivity contribution in [2.24, 2.45) is 0 Å². The number of hydrogen-bond donors (Lipinski definition) is 0. The number of rotatable bonds is 5. The fourth-order valence-corrected chi connectivity index (χ4v) is 1.99. The van der Waals surface area contributed by atoms with Crippen molar-refractivity contribution in [1.82, 2.24) is 4.57 Å². The lowest BCUT2D eigenvalue weighted by Gasteiger charge is -2.03. The quantitative estimate of drug-likeness (QED) is 0.600. The van der Waals surface area contributed by atoms with Gasteiger partial charge in [0.25, 0.3) is 0 Å². The van der Waals surface area contributed by atoms with Gasteiger partial charge in [0.05, 0.1) is 5.52 Å². The fraction of sp³-hybridized carbons (Fsp3) is 0.286. The molecule has 0 atom stereocenters. The molecule has 4 heteroatoms. The average molecular weight is 245 g/mol. The van der Waals surface area contributed by atoms with Crippen LogP contribution in [-0.4, -0.2) is 30.5 Å². The van der Waals surface area contributed by atoms with Crippen molar-refractivity contribution < 1.29 is 14.3 Å². The van der Waals surface area contributed by atoms with Crippen molar-refractivity contribution in [1.29, 1.82) is 0 Å². The van der Waals surface area contributed by atoms with Gasteiger partial charge in [-0.1, -0.05) is 18.2 Å². The molecule has 94 valence electrons. The Morgan fingerprint density at radius 1 is 1.39 bits per heavy atom. The number of aromatic nitrogens is 1. The van der Waals surface area contributed by atoms with Gasteiger partial charge in [-0.3, -0.25) is 14.2 Å². The van der Waals surface area contributed by atoms with Crippen LogP contribution in [-0.2, 0) is 4.74 Å². The van der Waals surface area contributed by atoms with Gasteiger partial charge in [0.2, 0.25) is 5.91 Å². The number of benzene rings is 1. The third-order valence-corrected chi connectivity index (χ3v) is 2.88. The summed E-state index contributed by atoms with van der Waals surface area (Å²) in [6.45, 7) is 0.561. The third kappa shape index (κ3) is 2.33. The van der Waals surface area contributed by atoms with Gasteiger partial charge < -0.3 is 4.74 Å². The van der Waals surface area contributed by atoms with Crippen LogP contribution in [0.4, 0.5) is 0 Å². The van der Waals surface area contributed by atoms with Gasteiger partial charge >= 0.3 is 0 Å². The molecule has 2 aromatic rings. The van der Waals surface area contributed by atoms with E-state index in [0.29, 0.717) is 25.0 Å². The average Bonchev–Trinajstić information content (AvgIpc) is 2.78. The summed E-state index contributed by atoms with van der Waals surface area (Å²) < 4.78 is 6.47. The van der Waals surface area contributed by atoms with Crippen molar-refractivity contribution in [2.75, 3.05) is 13.7 Å². The highest BCUT2D eigenvalue weighted by molar-refractivity contribution is 6.02. The third-order valence-electron chi connectivity index (χ3n) is 2.88. The van der Waals surface area contributed by atoms with E-state index in [2.05, 4.69) is 0 Å². The van der Waals surface area contributed by atoms with E-state index in [9.17, 15) is 9.59 Å². The van der Waals surface area contributed by atoms with Gasteiger partial charge in [-0.2, -0.15) is 0 Å². The molecule has 0 bridgehead atoms. The number of ether oxygens (including phenoxy) is 1. The molecule has 0 aliphatic rings. The highest BCUT2D eigenvalue weighted by Gasteiger charge is 2.12. The molecule has 0 saturated heterocycles. The Hall–Kier alpha value is -1.94. The van der Waals surface area contributed by atoms with E-state index in [4.69, 9.17) is 4.74 Å². The van der Waals surface area contributed by atoms with Crippen LogP contribution < -0.4 is 0 Å². The number of carbonyl (C=O) groups excluding carboxylic acids is 2. The van der Waals surface area contributed by atoms with E-state index in [-0.39, 0.29) is 5.91 Å². The Labute approximate surface area is 105 Å². The van der Waals surface area contributed by atoms with E-state index in [1.807, 2.05) is 24.3 Å². The summed E-state index contributed by atoms with van der Waals surface area (Å²) in [4.78, 5) is 23.0. The zero-order valence-corrected chi connectivity index (χ0v) is 10.3. The Kier molecular flexibility index (Phi) is 3.89. The molecule has 4 nitrogen and oxygen atoms in total. The summed E-state index contributed by atoms with van der Waals surface area (Å²) in [7, 11) is 1.61. The Morgan fingerprint density at radius 3 is 2.89 bits per heavy atom. The number of para-hydroxylation sites is 1. The van der Waals surface area contributed by atoms with E-state index in [0.717, 1.165) is 17.2 Å². The predicted octanol–water partition coefficient (Wildman–Crippen LogP) is 2.52. The van der Waals surface area contributed by atoms with Gasteiger partial charge in [0.1, 0.15) is 0 Å². The molecule has 0 radical (unpaired) electrons. The summed E-state index contributed by atoms with van der Waals surface area (Å²) in [5, 5.41) is 0.813. The molecule has 0 aliphatic carbocycles. The first-order chi connectivity index (χ1) is 8.77. The van der Waals surface area contributed by atoms with Gasteiger partial charge in [0, 0.05) is 37.3 Å². The second kappa shape index (κ2) is 5.60. The first-order valence-electron chi connectivity index (χ1n) is 5.85. The lowest BCUT2D eigenvalue weighted by Crippen LogP contribution is -2.09. The number of aldehydes is 1. The summed E-state index contributed by atoms with van der Waals surface area (Å²) in [5.74, 6) is -0.0173. The molecule has 0 N–H and O–H groups in total. The lowest BCUT2D eigenvalue weighted by atomic mass is 10.2. The van der Waals surface area contributed by atoms with Crippen LogP contribution in [0.25, 0.3) is 10.9 Å². The molecule has 0 saturated carbocycles. The molecule has 1 aromatic heterocycles. The first kappa shape index (κ1) is 12.5. The smallest absolute Gasteiger partial charge is 0.231 e. The largest absolute Gasteiger partial charge is 0.385 e. The van der Waals surface area contributed by atoms with E-state index in [1.54, 1.807) is 17.9 Å². The Morgan fingerprint density at radius 2 is 2.17 bits per heavy atom. The standard InChI is InChI=1S/C14H15NO3/c1-18-8-4-7-14(17)15-9-11(10-16)12-5-2-3-6-13(12)15/h2-3,5-6,9-10H,4,7-8H2,1H3. The van der Waals surface area contributed by atoms with Crippen molar-refractivity contribution in [3.05, 3.63) is 36.0 Å². The van der Waals surface area contributed by atoms with Crippen molar-refractivity contribution >= 4 is 23.1 Å². The summed E-state index contributed by atoms with van der Waals surface area (Å²) in [5.41, 5.74) is 1.33. The van der Waals surface area contributed by atoms with Crippen molar-refractivity contribution in [3.8, 4) is 0 Å². The molecule has 0 fully saturated rings. The molecular formula is C14H15NO3. The number of methoxy groups -OCH3 is 1. The molecule has 0 spiro atoms. The molecule has 1 heterocycles. The zero-order valence-electron chi connectivity index (χ0n) is 10.3. The maximum absolute atomic E-state index is 12.1. The predicted molar refractivity (Wildman–Crippen MR) is 69.1 cm³/mol. The van der Waals surface area contributed by atoms with Crippen molar-refractivity contribution in [3.63, 3.8) is 0 Å². The van der Waals surface area contributed by atoms with Crippen LogP contribution in [0.1, 0.15) is 28.0 Å². The van der Waals surface area contributed by atoms with Gasteiger partial charge in [-0.25, -0.2) is 0 Å². The second-order valence-corrected chi connectivity index (χ2v) is 4.08. The lowest BCUT2D eigenvalue weighted by molar-refractivity contribution is 0.0888. The molecular weight excluding hydrogens is 230 g/mol. The van der Waals surface area contributed by atoms with E-state index < -0.39 is 0 Å². The second-order valence-electron chi connectivity index (χ2n) is 4.08. The minimum Gasteiger partial charge on any atom is -0.385 e. The minimum atomic E-state index is -0.0173. The molecule has 1 aromatic carbocycles. The molecule has 0 unspecified atom stereocenters. The van der Waals surface area contributed by atoms with E-state index >= 15 is 0 Å². The fourth-order valence-electron chi connectivity index (χ4n) is 1.99. The number of nitrogens with zero attached hydrogens (tertiary/aromatic N) is 1. The Balaban J connectivity index is 2.33. The summed E-state index contributed by atoms with van der Waals surface area (Å²) in [6, 6.07) is 7.40. The van der Waals surface area contributed by atoms with Gasteiger partial charge in [-0.05, 0) is 12.5 Å². The molecule has 0 amide bonds. The van der Waals surface area contributed by atoms with Gasteiger partial charge in [-0.15, -0.1) is 0 Å². The maximum atomic E-state index is 12.1. The summed E-state index contributed by atoms with van der Waals surface area (Å²) >= 11 is 0. The molecule has 0 aliphatic heterocycles. The zero-order chi connectivity index (χ0) is 13.0. The van der Waals surface area contributed by atoms with Crippen LogP contribution in [0.15, 0.2) is 30.5 Å². The normalized spacial score (nSPS) is 10.7. The van der Waals surface area contributed by atoms with E-state index in [1.165, 1.54) is 0 Å². The summed E-state index contributed by atoms with van der Waals surface area (Å²) in [6.07, 6.45) is 3.47. The van der Waals surface area contributed by atoms with Gasteiger partial charge in [0.15, 0.2) is 6.29 Å². The van der Waals surface area contributed by atoms with Crippen molar-refractivity contribution in [2.45, 2.75) is 12.8 Å². The van der Waals surface area contributed by atoms with Crippen LogP contribution in [0.5, 0.6) is 0 Å². The SMILES string of the molecule is COCCCC(=O)n1cc(C=O)c2ccccc21. The van der Waals surface area contributed by atoms with Crippen LogP contribution in [0.2, 0.25) is 0 Å². The number of fused-ring (bicyclic) bond motifs is 1. The number of hydrogen-bond acceptors (Lipinski definition) is 3. The highest BCUT2D eigenvalue weighted by Crippen LogP contribution is 2.20. The Bertz CT molecular complexity index is 571. The molecule has 2 rings (SSSR count). The topological polar surface area (TPSA) is 48.3 Å². The first-order valence-corrected chi connectivity index (χ1v) is 5.85. The maximum Gasteiger partial charge on any atom is 0.231 e. The molecule has 18 heavy (non-hydrogen) atoms. The monoisotopic (exact) mass is 245 g/mol. The van der Waals surface area contributed by atoms with Crippen LogP contribution >= 0.6 is 0 Å². The van der Waals surface area contributed by atoms with Crippen LogP contribution in [0.3, 0.4) is 0 Å². The highest BCUT2D eigenvalue weighted by atomic mass is 16.5.